The van der Waals surface area contributed by atoms with Crippen LogP contribution >= 0.6 is 11.3 Å². The Labute approximate surface area is 95.6 Å². The second-order valence-corrected chi connectivity index (χ2v) is 5.28. The van der Waals surface area contributed by atoms with E-state index in [0.717, 1.165) is 19.7 Å². The zero-order valence-electron chi connectivity index (χ0n) is 9.45. The van der Waals surface area contributed by atoms with Crippen LogP contribution in [0.1, 0.15) is 23.8 Å². The summed E-state index contributed by atoms with van der Waals surface area (Å²) in [6, 6.07) is 2.18. The van der Waals surface area contributed by atoms with Crippen LogP contribution in [0.2, 0.25) is 0 Å². The summed E-state index contributed by atoms with van der Waals surface area (Å²) in [5, 5.41) is 5.69. The van der Waals surface area contributed by atoms with Gasteiger partial charge >= 0.3 is 0 Å². The molecule has 3 heteroatoms. The molecule has 0 radical (unpaired) electrons. The highest BCUT2D eigenvalue weighted by Crippen LogP contribution is 2.20. The zero-order chi connectivity index (χ0) is 10.7. The maximum absolute atomic E-state index is 5.54. The topological polar surface area (TPSA) is 21.3 Å². The van der Waals surface area contributed by atoms with Gasteiger partial charge in [0.15, 0.2) is 0 Å². The molecule has 1 aliphatic heterocycles. The fourth-order valence-electron chi connectivity index (χ4n) is 2.00. The lowest BCUT2D eigenvalue weighted by molar-refractivity contribution is 0.105. The number of hydrogen-bond acceptors (Lipinski definition) is 3. The Morgan fingerprint density at radius 3 is 3.07 bits per heavy atom. The molecule has 0 bridgehead atoms. The van der Waals surface area contributed by atoms with Crippen LogP contribution in [0.5, 0.6) is 0 Å². The van der Waals surface area contributed by atoms with Gasteiger partial charge in [-0.3, -0.25) is 0 Å². The number of rotatable bonds is 4. The van der Waals surface area contributed by atoms with E-state index in [4.69, 9.17) is 4.74 Å². The number of thiophene rings is 1. The van der Waals surface area contributed by atoms with Crippen LogP contribution < -0.4 is 5.32 Å². The van der Waals surface area contributed by atoms with Gasteiger partial charge in [0.2, 0.25) is 0 Å². The summed E-state index contributed by atoms with van der Waals surface area (Å²) in [7, 11) is 0. The van der Waals surface area contributed by atoms with Crippen LogP contribution in [0.4, 0.5) is 0 Å². The van der Waals surface area contributed by atoms with Gasteiger partial charge in [-0.25, -0.2) is 0 Å². The van der Waals surface area contributed by atoms with E-state index in [1.54, 1.807) is 0 Å². The van der Waals surface area contributed by atoms with Crippen LogP contribution in [-0.2, 0) is 11.3 Å². The molecule has 2 unspecified atom stereocenters. The van der Waals surface area contributed by atoms with Crippen LogP contribution in [0.3, 0.4) is 0 Å². The maximum Gasteiger partial charge on any atom is 0.0588 e. The minimum Gasteiger partial charge on any atom is -0.378 e. The highest BCUT2D eigenvalue weighted by molar-refractivity contribution is 7.10. The molecule has 2 heterocycles. The first kappa shape index (κ1) is 11.1. The fraction of sp³-hybridized carbons (Fsp3) is 0.667. The average molecular weight is 225 g/mol. The minimum absolute atomic E-state index is 0.432. The molecule has 0 aromatic carbocycles. The Morgan fingerprint density at radius 2 is 2.47 bits per heavy atom. The molecular formula is C12H19NOS. The quantitative estimate of drug-likeness (QED) is 0.850. The van der Waals surface area contributed by atoms with E-state index in [2.05, 4.69) is 30.6 Å². The van der Waals surface area contributed by atoms with E-state index in [1.165, 1.54) is 16.9 Å². The molecule has 0 saturated carbocycles. The van der Waals surface area contributed by atoms with Crippen molar-refractivity contribution in [1.82, 2.24) is 5.32 Å². The molecule has 84 valence electrons. The van der Waals surface area contributed by atoms with E-state index in [-0.39, 0.29) is 0 Å². The average Bonchev–Trinajstić information content (AvgIpc) is 2.78. The molecule has 1 aromatic heterocycles. The Morgan fingerprint density at radius 1 is 1.60 bits per heavy atom. The third kappa shape index (κ3) is 2.80. The molecule has 2 nitrogen and oxygen atoms in total. The molecule has 15 heavy (non-hydrogen) atoms. The molecule has 1 aromatic rings. The van der Waals surface area contributed by atoms with Crippen molar-refractivity contribution in [3.8, 4) is 0 Å². The van der Waals surface area contributed by atoms with Gasteiger partial charge in [-0.15, -0.1) is 11.3 Å². The van der Waals surface area contributed by atoms with E-state index in [9.17, 15) is 0 Å². The first-order chi connectivity index (χ1) is 7.27. The largest absolute Gasteiger partial charge is 0.378 e. The molecular weight excluding hydrogens is 206 g/mol. The predicted molar refractivity (Wildman–Crippen MR) is 64.3 cm³/mol. The summed E-state index contributed by atoms with van der Waals surface area (Å²) in [4.78, 5) is 1.46. The van der Waals surface area contributed by atoms with Crippen molar-refractivity contribution in [2.24, 2.45) is 5.92 Å². The first-order valence-corrected chi connectivity index (χ1v) is 6.50. The summed E-state index contributed by atoms with van der Waals surface area (Å²) in [5.74, 6) is 0.699. The van der Waals surface area contributed by atoms with Gasteiger partial charge in [0, 0.05) is 24.6 Å². The van der Waals surface area contributed by atoms with Crippen LogP contribution in [0, 0.1) is 12.8 Å². The van der Waals surface area contributed by atoms with Crippen molar-refractivity contribution in [2.75, 3.05) is 13.2 Å². The Bertz CT molecular complexity index is 310. The lowest BCUT2D eigenvalue weighted by Crippen LogP contribution is -2.26. The van der Waals surface area contributed by atoms with Crippen molar-refractivity contribution in [1.29, 1.82) is 0 Å². The Kier molecular flexibility index (Phi) is 3.78. The first-order valence-electron chi connectivity index (χ1n) is 5.62. The van der Waals surface area contributed by atoms with E-state index in [0.29, 0.717) is 12.0 Å². The van der Waals surface area contributed by atoms with Gasteiger partial charge in [0.25, 0.3) is 0 Å². The van der Waals surface area contributed by atoms with Gasteiger partial charge in [0.05, 0.1) is 6.10 Å². The molecule has 2 atom stereocenters. The molecule has 1 N–H and O–H groups in total. The van der Waals surface area contributed by atoms with Gasteiger partial charge in [-0.2, -0.15) is 0 Å². The van der Waals surface area contributed by atoms with Gasteiger partial charge < -0.3 is 10.1 Å². The zero-order valence-corrected chi connectivity index (χ0v) is 10.3. The number of ether oxygens (including phenoxy) is 1. The highest BCUT2D eigenvalue weighted by Gasteiger charge is 2.23. The third-order valence-electron chi connectivity index (χ3n) is 3.19. The number of hydrogen-bond donors (Lipinski definition) is 1. The van der Waals surface area contributed by atoms with E-state index in [1.807, 2.05) is 11.3 Å². The molecule has 0 aliphatic carbocycles. The van der Waals surface area contributed by atoms with Crippen molar-refractivity contribution in [3.63, 3.8) is 0 Å². The SMILES string of the molecule is Cc1ccsc1CNCC1CCOC1C. The Balaban J connectivity index is 1.73. The van der Waals surface area contributed by atoms with Crippen molar-refractivity contribution < 1.29 is 4.74 Å². The molecule has 0 amide bonds. The van der Waals surface area contributed by atoms with Gasteiger partial charge in [-0.05, 0) is 43.2 Å². The lowest BCUT2D eigenvalue weighted by atomic mass is 10.0. The molecule has 1 fully saturated rings. The minimum atomic E-state index is 0.432. The van der Waals surface area contributed by atoms with Crippen LogP contribution in [0.25, 0.3) is 0 Å². The molecule has 1 saturated heterocycles. The monoisotopic (exact) mass is 225 g/mol. The molecule has 2 rings (SSSR count). The predicted octanol–water partition coefficient (Wildman–Crippen LogP) is 2.57. The Hall–Kier alpha value is -0.380. The van der Waals surface area contributed by atoms with Crippen molar-refractivity contribution in [3.05, 3.63) is 21.9 Å². The van der Waals surface area contributed by atoms with Crippen LogP contribution in [0.15, 0.2) is 11.4 Å². The maximum atomic E-state index is 5.54. The lowest BCUT2D eigenvalue weighted by Gasteiger charge is -2.14. The summed E-state index contributed by atoms with van der Waals surface area (Å²) < 4.78 is 5.54. The summed E-state index contributed by atoms with van der Waals surface area (Å²) in [5.41, 5.74) is 1.41. The second kappa shape index (κ2) is 5.10. The normalized spacial score (nSPS) is 26.0. The fourth-order valence-corrected chi connectivity index (χ4v) is 2.88. The van der Waals surface area contributed by atoms with E-state index >= 15 is 0 Å². The van der Waals surface area contributed by atoms with E-state index < -0.39 is 0 Å². The van der Waals surface area contributed by atoms with Gasteiger partial charge in [-0.1, -0.05) is 0 Å². The van der Waals surface area contributed by atoms with Crippen molar-refractivity contribution >= 4 is 11.3 Å². The summed E-state index contributed by atoms with van der Waals surface area (Å²) in [6.07, 6.45) is 1.64. The third-order valence-corrected chi connectivity index (χ3v) is 4.22. The number of aryl methyl sites for hydroxylation is 1. The van der Waals surface area contributed by atoms with Crippen LogP contribution in [-0.4, -0.2) is 19.3 Å². The van der Waals surface area contributed by atoms with Crippen molar-refractivity contribution in [2.45, 2.75) is 32.9 Å². The molecule has 0 spiro atoms. The van der Waals surface area contributed by atoms with Gasteiger partial charge in [0.1, 0.15) is 0 Å². The number of nitrogens with one attached hydrogen (secondary N) is 1. The molecule has 1 aliphatic rings. The summed E-state index contributed by atoms with van der Waals surface area (Å²) >= 11 is 1.84. The highest BCUT2D eigenvalue weighted by atomic mass is 32.1. The second-order valence-electron chi connectivity index (χ2n) is 4.28. The standard InChI is InChI=1S/C12H19NOS/c1-9-4-6-15-12(9)8-13-7-11-3-5-14-10(11)2/h4,6,10-11,13H,3,5,7-8H2,1-2H3. The summed E-state index contributed by atoms with van der Waals surface area (Å²) in [6.45, 7) is 7.38. The smallest absolute Gasteiger partial charge is 0.0588 e.